The van der Waals surface area contributed by atoms with Crippen LogP contribution in [0.4, 0.5) is 5.69 Å². The number of methoxy groups -OCH3 is 2. The van der Waals surface area contributed by atoms with Crippen molar-refractivity contribution in [2.45, 2.75) is 43.8 Å². The van der Waals surface area contributed by atoms with Gasteiger partial charge in [0.25, 0.3) is 11.8 Å². The van der Waals surface area contributed by atoms with E-state index in [0.717, 1.165) is 25.7 Å². The lowest BCUT2D eigenvalue weighted by atomic mass is 9.99. The van der Waals surface area contributed by atoms with E-state index in [1.54, 1.807) is 24.3 Å². The summed E-state index contributed by atoms with van der Waals surface area (Å²) in [6, 6.07) is 7.37. The van der Waals surface area contributed by atoms with E-state index in [0.29, 0.717) is 34.8 Å². The Kier molecular flexibility index (Phi) is 6.89. The van der Waals surface area contributed by atoms with E-state index in [9.17, 15) is 9.59 Å². The number of fused-ring (bicyclic) bond motifs is 2. The Labute approximate surface area is 181 Å². The molecule has 2 bridgehead atoms. The number of benzene rings is 1. The second kappa shape index (κ2) is 9.40. The molecule has 2 fully saturated rings. The van der Waals surface area contributed by atoms with Crippen LogP contribution in [0, 0.1) is 0 Å². The maximum atomic E-state index is 13.1. The van der Waals surface area contributed by atoms with Crippen molar-refractivity contribution in [3.8, 4) is 11.5 Å². The molecule has 2 unspecified atom stereocenters. The zero-order valence-electron chi connectivity index (χ0n) is 16.9. The Morgan fingerprint density at radius 2 is 1.73 bits per heavy atom. The van der Waals surface area contributed by atoms with E-state index < -0.39 is 5.91 Å². The van der Waals surface area contributed by atoms with Crippen molar-refractivity contribution in [2.75, 3.05) is 19.5 Å². The zero-order valence-corrected chi connectivity index (χ0v) is 17.7. The van der Waals surface area contributed by atoms with Gasteiger partial charge in [-0.2, -0.15) is 0 Å². The number of ether oxygens (including phenoxy) is 2. The molecule has 0 aliphatic carbocycles. The van der Waals surface area contributed by atoms with Crippen LogP contribution in [-0.4, -0.2) is 44.2 Å². The minimum absolute atomic E-state index is 0. The number of halogens is 1. The summed E-state index contributed by atoms with van der Waals surface area (Å²) in [4.78, 5) is 25.6. The Bertz CT molecular complexity index is 890. The van der Waals surface area contributed by atoms with Gasteiger partial charge in [0.1, 0.15) is 0 Å². The van der Waals surface area contributed by atoms with Crippen molar-refractivity contribution < 1.29 is 23.5 Å². The number of hydrogen-bond acceptors (Lipinski definition) is 6. The molecule has 0 saturated carbocycles. The molecule has 2 saturated heterocycles. The number of carbonyl (C=O) groups is 2. The number of furan rings is 1. The van der Waals surface area contributed by atoms with Crippen LogP contribution >= 0.6 is 12.4 Å². The molecule has 2 aromatic rings. The lowest BCUT2D eigenvalue weighted by molar-refractivity contribution is 0.0924. The van der Waals surface area contributed by atoms with Crippen LogP contribution < -0.4 is 25.4 Å². The molecular weight excluding hydrogens is 410 g/mol. The van der Waals surface area contributed by atoms with Crippen molar-refractivity contribution in [1.29, 1.82) is 0 Å². The molecule has 4 rings (SSSR count). The Hall–Kier alpha value is -2.71. The number of amides is 2. The molecule has 30 heavy (non-hydrogen) atoms. The third-order valence-electron chi connectivity index (χ3n) is 5.57. The molecule has 3 heterocycles. The molecule has 9 heteroatoms. The summed E-state index contributed by atoms with van der Waals surface area (Å²) >= 11 is 0. The van der Waals surface area contributed by atoms with Crippen LogP contribution in [-0.2, 0) is 0 Å². The predicted molar refractivity (Wildman–Crippen MR) is 114 cm³/mol. The van der Waals surface area contributed by atoms with E-state index >= 15 is 0 Å². The summed E-state index contributed by atoms with van der Waals surface area (Å²) in [7, 11) is 3.01. The van der Waals surface area contributed by atoms with Crippen molar-refractivity contribution in [3.05, 3.63) is 41.9 Å². The molecule has 0 spiro atoms. The van der Waals surface area contributed by atoms with Crippen LogP contribution in [0.15, 0.2) is 34.9 Å². The highest BCUT2D eigenvalue weighted by Gasteiger charge is 2.34. The van der Waals surface area contributed by atoms with Gasteiger partial charge in [0.2, 0.25) is 0 Å². The third kappa shape index (κ3) is 4.55. The standard InChI is InChI=1S/C21H25N3O5.ClH/c1-27-18-10-15(20(25)23-14-8-12-5-6-13(9-14)22-12)16(11-19(18)28-2)24-21(26)17-4-3-7-29-17;/h3-4,7,10-14,22H,5-6,8-9H2,1-2H3,(H,23,25)(H,24,26);1H. The second-order valence-corrected chi connectivity index (χ2v) is 7.46. The SMILES string of the molecule is COc1cc(NC(=O)c2ccco2)c(C(=O)NC2CC3CCC(C2)N3)cc1OC.Cl. The molecule has 2 aliphatic heterocycles. The van der Waals surface area contributed by atoms with E-state index in [-0.39, 0.29) is 30.1 Å². The van der Waals surface area contributed by atoms with Gasteiger partial charge in [-0.05, 0) is 43.9 Å². The Balaban J connectivity index is 0.00000256. The van der Waals surface area contributed by atoms with Crippen LogP contribution in [0.2, 0.25) is 0 Å². The number of carbonyl (C=O) groups excluding carboxylic acids is 2. The normalized spacial score (nSPS) is 22.0. The summed E-state index contributed by atoms with van der Waals surface area (Å²) in [5.41, 5.74) is 0.645. The van der Waals surface area contributed by atoms with Gasteiger partial charge in [-0.25, -0.2) is 0 Å². The van der Waals surface area contributed by atoms with Gasteiger partial charge in [-0.1, -0.05) is 0 Å². The van der Waals surface area contributed by atoms with Crippen LogP contribution in [0.5, 0.6) is 11.5 Å². The van der Waals surface area contributed by atoms with Gasteiger partial charge in [-0.15, -0.1) is 12.4 Å². The molecule has 1 aromatic carbocycles. The van der Waals surface area contributed by atoms with Crippen LogP contribution in [0.25, 0.3) is 0 Å². The fourth-order valence-electron chi connectivity index (χ4n) is 4.20. The molecule has 1 aromatic heterocycles. The van der Waals surface area contributed by atoms with Crippen molar-refractivity contribution in [2.24, 2.45) is 0 Å². The quantitative estimate of drug-likeness (QED) is 0.644. The first-order chi connectivity index (χ1) is 14.1. The minimum Gasteiger partial charge on any atom is -0.493 e. The van der Waals surface area contributed by atoms with Gasteiger partial charge in [-0.3, -0.25) is 9.59 Å². The Morgan fingerprint density at radius 1 is 1.07 bits per heavy atom. The minimum atomic E-state index is -0.448. The first-order valence-electron chi connectivity index (χ1n) is 9.75. The average Bonchev–Trinajstić information content (AvgIpc) is 3.37. The number of hydrogen-bond donors (Lipinski definition) is 3. The smallest absolute Gasteiger partial charge is 0.291 e. The lowest BCUT2D eigenvalue weighted by Gasteiger charge is -2.30. The van der Waals surface area contributed by atoms with E-state index in [4.69, 9.17) is 13.9 Å². The highest BCUT2D eigenvalue weighted by atomic mass is 35.5. The lowest BCUT2D eigenvalue weighted by Crippen LogP contribution is -2.48. The molecule has 2 aliphatic rings. The fourth-order valence-corrected chi connectivity index (χ4v) is 4.20. The molecule has 2 amide bonds. The van der Waals surface area contributed by atoms with Crippen molar-refractivity contribution >= 4 is 29.9 Å². The molecule has 162 valence electrons. The third-order valence-corrected chi connectivity index (χ3v) is 5.57. The Morgan fingerprint density at radius 3 is 2.33 bits per heavy atom. The maximum Gasteiger partial charge on any atom is 0.291 e. The summed E-state index contributed by atoms with van der Waals surface area (Å²) in [5, 5.41) is 9.43. The number of piperidine rings is 1. The fraction of sp³-hybridized carbons (Fsp3) is 0.429. The van der Waals surface area contributed by atoms with Gasteiger partial charge in [0.15, 0.2) is 17.3 Å². The maximum absolute atomic E-state index is 13.1. The van der Waals surface area contributed by atoms with Gasteiger partial charge in [0, 0.05) is 24.2 Å². The molecule has 2 atom stereocenters. The van der Waals surface area contributed by atoms with Crippen LogP contribution in [0.3, 0.4) is 0 Å². The van der Waals surface area contributed by atoms with Crippen molar-refractivity contribution in [3.63, 3.8) is 0 Å². The first kappa shape index (κ1) is 22.0. The molecule has 8 nitrogen and oxygen atoms in total. The number of rotatable bonds is 6. The summed E-state index contributed by atoms with van der Waals surface area (Å²) in [5.74, 6) is 0.280. The monoisotopic (exact) mass is 435 g/mol. The number of nitrogens with one attached hydrogen (secondary N) is 3. The van der Waals surface area contributed by atoms with E-state index in [1.165, 1.54) is 20.5 Å². The van der Waals surface area contributed by atoms with E-state index in [1.807, 2.05) is 0 Å². The number of anilines is 1. The summed E-state index contributed by atoms with van der Waals surface area (Å²) in [6.07, 6.45) is 5.53. The first-order valence-corrected chi connectivity index (χ1v) is 9.75. The zero-order chi connectivity index (χ0) is 20.4. The molecule has 0 radical (unpaired) electrons. The van der Waals surface area contributed by atoms with Gasteiger partial charge >= 0.3 is 0 Å². The molecule has 3 N–H and O–H groups in total. The highest BCUT2D eigenvalue weighted by Crippen LogP contribution is 2.34. The van der Waals surface area contributed by atoms with Gasteiger partial charge < -0.3 is 29.8 Å². The van der Waals surface area contributed by atoms with Crippen LogP contribution in [0.1, 0.15) is 46.6 Å². The topological polar surface area (TPSA) is 102 Å². The highest BCUT2D eigenvalue weighted by molar-refractivity contribution is 6.08. The predicted octanol–water partition coefficient (Wildman–Crippen LogP) is 2.98. The van der Waals surface area contributed by atoms with Crippen molar-refractivity contribution in [1.82, 2.24) is 10.6 Å². The molecular formula is C21H26ClN3O5. The van der Waals surface area contributed by atoms with E-state index in [2.05, 4.69) is 16.0 Å². The largest absolute Gasteiger partial charge is 0.493 e. The second-order valence-electron chi connectivity index (χ2n) is 7.46. The van der Waals surface area contributed by atoms with Gasteiger partial charge in [0.05, 0.1) is 31.7 Å². The summed E-state index contributed by atoms with van der Waals surface area (Å²) in [6.45, 7) is 0. The average molecular weight is 436 g/mol. The summed E-state index contributed by atoms with van der Waals surface area (Å²) < 4.78 is 15.8.